The van der Waals surface area contributed by atoms with Crippen molar-refractivity contribution in [1.29, 1.82) is 0 Å². The highest BCUT2D eigenvalue weighted by atomic mass is 127. The largest absolute Gasteiger partial charge is 0.497 e. The van der Waals surface area contributed by atoms with E-state index in [0.717, 1.165) is 28.4 Å². The molecule has 0 heterocycles. The van der Waals surface area contributed by atoms with Crippen molar-refractivity contribution in [1.82, 2.24) is 10.6 Å². The van der Waals surface area contributed by atoms with Gasteiger partial charge in [-0.2, -0.15) is 0 Å². The van der Waals surface area contributed by atoms with Crippen molar-refractivity contribution in [3.05, 3.63) is 47.5 Å². The quantitative estimate of drug-likeness (QED) is 0.304. The average Bonchev–Trinajstić information content (AvgIpc) is 2.75. The van der Waals surface area contributed by atoms with E-state index >= 15 is 0 Å². The van der Waals surface area contributed by atoms with E-state index in [1.54, 1.807) is 35.5 Å². The zero-order valence-electron chi connectivity index (χ0n) is 17.6. The number of nitrogens with zero attached hydrogens (tertiary/aromatic N) is 1. The normalized spacial score (nSPS) is 10.6. The van der Waals surface area contributed by atoms with Gasteiger partial charge < -0.3 is 29.6 Å². The highest BCUT2D eigenvalue weighted by Crippen LogP contribution is 2.34. The molecule has 29 heavy (non-hydrogen) atoms. The first-order chi connectivity index (χ1) is 13.6. The van der Waals surface area contributed by atoms with E-state index in [9.17, 15) is 0 Å². The van der Waals surface area contributed by atoms with Crippen molar-refractivity contribution in [3.63, 3.8) is 0 Å². The number of guanidine groups is 1. The summed E-state index contributed by atoms with van der Waals surface area (Å²) in [5.41, 5.74) is 2.09. The number of halogens is 1. The molecule has 0 aliphatic heterocycles. The Morgan fingerprint density at radius 3 is 2.07 bits per heavy atom. The molecule has 0 radical (unpaired) electrons. The molecule has 0 aromatic heterocycles. The van der Waals surface area contributed by atoms with E-state index in [4.69, 9.17) is 18.9 Å². The average molecular weight is 515 g/mol. The lowest BCUT2D eigenvalue weighted by Gasteiger charge is -2.16. The molecule has 0 bridgehead atoms. The third-order valence-corrected chi connectivity index (χ3v) is 4.30. The lowest BCUT2D eigenvalue weighted by Crippen LogP contribution is -2.37. The number of rotatable bonds is 9. The molecule has 8 heteroatoms. The van der Waals surface area contributed by atoms with E-state index in [1.165, 1.54) is 0 Å². The summed E-state index contributed by atoms with van der Waals surface area (Å²) in [5, 5.41) is 6.61. The van der Waals surface area contributed by atoms with Gasteiger partial charge in [0.25, 0.3) is 0 Å². The number of aliphatic imine (C=N–C) groups is 1. The summed E-state index contributed by atoms with van der Waals surface area (Å²) < 4.78 is 21.5. The molecular weight excluding hydrogens is 485 g/mol. The summed E-state index contributed by atoms with van der Waals surface area (Å²) in [6.07, 6.45) is 0.705. The molecule has 0 aliphatic carbocycles. The lowest BCUT2D eigenvalue weighted by molar-refractivity contribution is 0.368. The SMILES string of the molecule is CN=C(NCCc1c(OC)cc(OC)cc1OC)NCc1cccc(OC)c1.I. The van der Waals surface area contributed by atoms with E-state index in [-0.39, 0.29) is 24.0 Å². The van der Waals surface area contributed by atoms with Crippen molar-refractivity contribution in [2.75, 3.05) is 42.0 Å². The fraction of sp³-hybridized carbons (Fsp3) is 0.381. The Morgan fingerprint density at radius 2 is 1.52 bits per heavy atom. The van der Waals surface area contributed by atoms with E-state index in [1.807, 2.05) is 36.4 Å². The number of nitrogens with one attached hydrogen (secondary N) is 2. The second-order valence-electron chi connectivity index (χ2n) is 5.96. The van der Waals surface area contributed by atoms with Gasteiger partial charge in [-0.3, -0.25) is 4.99 Å². The second-order valence-corrected chi connectivity index (χ2v) is 5.96. The Bertz CT molecular complexity index is 774. The van der Waals surface area contributed by atoms with Crippen molar-refractivity contribution in [2.45, 2.75) is 13.0 Å². The molecule has 2 aromatic rings. The summed E-state index contributed by atoms with van der Waals surface area (Å²) in [4.78, 5) is 4.27. The zero-order chi connectivity index (χ0) is 20.4. The third kappa shape index (κ3) is 7.19. The molecule has 0 saturated heterocycles. The van der Waals surface area contributed by atoms with Crippen LogP contribution in [0.2, 0.25) is 0 Å². The van der Waals surface area contributed by atoms with Crippen molar-refractivity contribution >= 4 is 29.9 Å². The number of hydrogen-bond donors (Lipinski definition) is 2. The van der Waals surface area contributed by atoms with Crippen LogP contribution in [0, 0.1) is 0 Å². The van der Waals surface area contributed by atoms with E-state index < -0.39 is 0 Å². The van der Waals surface area contributed by atoms with Gasteiger partial charge in [0.1, 0.15) is 23.0 Å². The highest BCUT2D eigenvalue weighted by Gasteiger charge is 2.13. The van der Waals surface area contributed by atoms with Crippen molar-refractivity contribution in [2.24, 2.45) is 4.99 Å². The molecule has 0 saturated carbocycles. The molecule has 2 N–H and O–H groups in total. The Balaban J connectivity index is 0.00000420. The number of ether oxygens (including phenoxy) is 4. The third-order valence-electron chi connectivity index (χ3n) is 4.30. The fourth-order valence-corrected chi connectivity index (χ4v) is 2.82. The second kappa shape index (κ2) is 13.0. The minimum absolute atomic E-state index is 0. The smallest absolute Gasteiger partial charge is 0.191 e. The Morgan fingerprint density at radius 1 is 0.862 bits per heavy atom. The first kappa shape index (κ1) is 24.7. The zero-order valence-corrected chi connectivity index (χ0v) is 19.9. The van der Waals surface area contributed by atoms with Crippen molar-refractivity contribution < 1.29 is 18.9 Å². The maximum Gasteiger partial charge on any atom is 0.191 e. The van der Waals surface area contributed by atoms with E-state index in [0.29, 0.717) is 31.2 Å². The van der Waals surface area contributed by atoms with Crippen LogP contribution >= 0.6 is 24.0 Å². The molecule has 7 nitrogen and oxygen atoms in total. The number of methoxy groups -OCH3 is 4. The number of hydrogen-bond acceptors (Lipinski definition) is 5. The molecule has 0 amide bonds. The topological polar surface area (TPSA) is 73.3 Å². The van der Waals surface area contributed by atoms with Gasteiger partial charge in [-0.1, -0.05) is 12.1 Å². The van der Waals surface area contributed by atoms with Crippen LogP contribution in [0.1, 0.15) is 11.1 Å². The molecule has 160 valence electrons. The van der Waals surface area contributed by atoms with Crippen LogP contribution in [0.5, 0.6) is 23.0 Å². The van der Waals surface area contributed by atoms with Gasteiger partial charge in [0, 0.05) is 37.8 Å². The van der Waals surface area contributed by atoms with Gasteiger partial charge in [0.05, 0.1) is 28.4 Å². The Hall–Kier alpha value is -2.36. The summed E-state index contributed by atoms with van der Waals surface area (Å²) in [6.45, 7) is 1.31. The molecule has 0 unspecified atom stereocenters. The fourth-order valence-electron chi connectivity index (χ4n) is 2.82. The minimum atomic E-state index is 0. The van der Waals surface area contributed by atoms with Crippen molar-refractivity contribution in [3.8, 4) is 23.0 Å². The standard InChI is InChI=1S/C21H29N3O4.HI/c1-22-21(24-14-15-7-6-8-16(11-15)25-2)23-10-9-18-19(27-4)12-17(26-3)13-20(18)28-5;/h6-8,11-13H,9-10,14H2,1-5H3,(H2,22,23,24);1H. The van der Waals surface area contributed by atoms with Crippen LogP contribution in [0.25, 0.3) is 0 Å². The molecule has 2 aromatic carbocycles. The molecule has 0 fully saturated rings. The maximum absolute atomic E-state index is 5.50. The summed E-state index contributed by atoms with van der Waals surface area (Å²) >= 11 is 0. The van der Waals surface area contributed by atoms with Crippen LogP contribution in [-0.2, 0) is 13.0 Å². The molecule has 0 aliphatic rings. The monoisotopic (exact) mass is 515 g/mol. The van der Waals surface area contributed by atoms with Gasteiger partial charge in [-0.25, -0.2) is 0 Å². The summed E-state index contributed by atoms with van der Waals surface area (Å²) in [5.74, 6) is 3.71. The Labute approximate surface area is 189 Å². The van der Waals surface area contributed by atoms with Crippen LogP contribution in [0.15, 0.2) is 41.4 Å². The van der Waals surface area contributed by atoms with Gasteiger partial charge >= 0.3 is 0 Å². The Kier molecular flexibility index (Phi) is 11.0. The molecular formula is C21H30IN3O4. The lowest BCUT2D eigenvalue weighted by atomic mass is 10.1. The van der Waals surface area contributed by atoms with Crippen LogP contribution in [-0.4, -0.2) is 48.0 Å². The maximum atomic E-state index is 5.50. The minimum Gasteiger partial charge on any atom is -0.497 e. The molecule has 0 spiro atoms. The van der Waals surface area contributed by atoms with Gasteiger partial charge in [-0.05, 0) is 24.1 Å². The van der Waals surface area contributed by atoms with E-state index in [2.05, 4.69) is 15.6 Å². The summed E-state index contributed by atoms with van der Waals surface area (Å²) in [6, 6.07) is 11.6. The summed E-state index contributed by atoms with van der Waals surface area (Å²) in [7, 11) is 8.30. The van der Waals surface area contributed by atoms with Gasteiger partial charge in [-0.15, -0.1) is 24.0 Å². The first-order valence-electron chi connectivity index (χ1n) is 9.01. The molecule has 2 rings (SSSR count). The first-order valence-corrected chi connectivity index (χ1v) is 9.01. The predicted octanol–water partition coefficient (Wildman–Crippen LogP) is 3.25. The van der Waals surface area contributed by atoms with Gasteiger partial charge in [0.2, 0.25) is 0 Å². The van der Waals surface area contributed by atoms with Crippen LogP contribution in [0.3, 0.4) is 0 Å². The molecule has 0 atom stereocenters. The number of benzene rings is 2. The highest BCUT2D eigenvalue weighted by molar-refractivity contribution is 14.0. The van der Waals surface area contributed by atoms with Crippen LogP contribution < -0.4 is 29.6 Å². The van der Waals surface area contributed by atoms with Gasteiger partial charge in [0.15, 0.2) is 5.96 Å². The van der Waals surface area contributed by atoms with Crippen LogP contribution in [0.4, 0.5) is 0 Å². The predicted molar refractivity (Wildman–Crippen MR) is 126 cm³/mol.